The molecule has 0 unspecified atom stereocenters. The predicted octanol–water partition coefficient (Wildman–Crippen LogP) is 1.20. The number of nitro benzene ring substituents is 1. The van der Waals surface area contributed by atoms with Crippen LogP contribution in [0.4, 0.5) is 5.69 Å². The van der Waals surface area contributed by atoms with Crippen LogP contribution in [-0.2, 0) is 19.1 Å². The Bertz CT molecular complexity index is 547. The topological polar surface area (TPSA) is 105 Å². The van der Waals surface area contributed by atoms with E-state index in [1.165, 1.54) is 24.3 Å². The molecule has 0 aromatic heterocycles. The van der Waals surface area contributed by atoms with Crippen LogP contribution in [0.5, 0.6) is 5.75 Å². The van der Waals surface area contributed by atoms with Gasteiger partial charge in [0.25, 0.3) is 5.69 Å². The second-order valence-corrected chi connectivity index (χ2v) is 3.38. The Labute approximate surface area is 113 Å². The van der Waals surface area contributed by atoms with Gasteiger partial charge in [0.15, 0.2) is 0 Å². The van der Waals surface area contributed by atoms with Gasteiger partial charge in [-0.2, -0.15) is 0 Å². The highest BCUT2D eigenvalue weighted by Gasteiger charge is 2.16. The lowest BCUT2D eigenvalue weighted by atomic mass is 10.3. The van der Waals surface area contributed by atoms with E-state index in [-0.39, 0.29) is 11.4 Å². The number of ether oxygens (including phenoxy) is 3. The highest BCUT2D eigenvalue weighted by molar-refractivity contribution is 5.95. The number of carbonyl (C=O) groups is 2. The van der Waals surface area contributed by atoms with Gasteiger partial charge in [-0.1, -0.05) is 0 Å². The Morgan fingerprint density at radius 1 is 1.15 bits per heavy atom. The molecule has 0 fully saturated rings. The molecule has 106 valence electrons. The van der Waals surface area contributed by atoms with E-state index in [1.807, 2.05) is 0 Å². The van der Waals surface area contributed by atoms with Crippen molar-refractivity contribution in [3.8, 4) is 5.75 Å². The van der Waals surface area contributed by atoms with Gasteiger partial charge in [-0.25, -0.2) is 9.59 Å². The summed E-state index contributed by atoms with van der Waals surface area (Å²) in [6.07, 6.45) is 0.813. The summed E-state index contributed by atoms with van der Waals surface area (Å²) in [6.45, 7) is 0. The molecule has 1 aromatic carbocycles. The van der Waals surface area contributed by atoms with Crippen molar-refractivity contribution >= 4 is 17.6 Å². The third kappa shape index (κ3) is 4.09. The first-order valence-electron chi connectivity index (χ1n) is 5.28. The van der Waals surface area contributed by atoms with E-state index in [4.69, 9.17) is 4.74 Å². The molecular weight excluding hydrogens is 270 g/mol. The molecule has 0 N–H and O–H groups in total. The standard InChI is InChI=1S/C12H11NO7/c1-18-11(14)7-10(12(15)19-2)20-9-5-3-8(4-6-9)13(16)17/h3-7H,1-2H3. The lowest BCUT2D eigenvalue weighted by Crippen LogP contribution is -2.13. The zero-order valence-electron chi connectivity index (χ0n) is 10.7. The molecule has 0 atom stereocenters. The van der Waals surface area contributed by atoms with Crippen molar-refractivity contribution in [1.29, 1.82) is 0 Å². The van der Waals surface area contributed by atoms with Crippen LogP contribution in [0.3, 0.4) is 0 Å². The summed E-state index contributed by atoms with van der Waals surface area (Å²) in [5, 5.41) is 10.5. The number of carbonyl (C=O) groups excluding carboxylic acids is 2. The fraction of sp³-hybridized carbons (Fsp3) is 0.167. The number of non-ortho nitro benzene ring substituents is 1. The van der Waals surface area contributed by atoms with Crippen molar-refractivity contribution in [2.24, 2.45) is 0 Å². The number of nitrogens with zero attached hydrogens (tertiary/aromatic N) is 1. The van der Waals surface area contributed by atoms with E-state index >= 15 is 0 Å². The Morgan fingerprint density at radius 3 is 2.20 bits per heavy atom. The third-order valence-corrected chi connectivity index (χ3v) is 2.11. The molecule has 0 amide bonds. The zero-order chi connectivity index (χ0) is 15.1. The molecule has 0 saturated carbocycles. The number of hydrogen-bond acceptors (Lipinski definition) is 7. The molecule has 0 bridgehead atoms. The molecule has 0 saturated heterocycles. The SMILES string of the molecule is COC(=O)C=C(Oc1ccc([N+](=O)[O-])cc1)C(=O)OC. The number of nitro groups is 1. The average molecular weight is 281 g/mol. The van der Waals surface area contributed by atoms with Crippen LogP contribution >= 0.6 is 0 Å². The van der Waals surface area contributed by atoms with Gasteiger partial charge in [-0.05, 0) is 12.1 Å². The van der Waals surface area contributed by atoms with Crippen molar-refractivity contribution in [2.45, 2.75) is 0 Å². The summed E-state index contributed by atoms with van der Waals surface area (Å²) in [5.74, 6) is -1.94. The van der Waals surface area contributed by atoms with Gasteiger partial charge >= 0.3 is 11.9 Å². The summed E-state index contributed by atoms with van der Waals surface area (Å²) < 4.78 is 14.0. The lowest BCUT2D eigenvalue weighted by Gasteiger charge is -2.07. The van der Waals surface area contributed by atoms with Crippen molar-refractivity contribution in [3.63, 3.8) is 0 Å². The van der Waals surface area contributed by atoms with Crippen LogP contribution in [0.25, 0.3) is 0 Å². The van der Waals surface area contributed by atoms with E-state index in [0.717, 1.165) is 20.3 Å². The first kappa shape index (κ1) is 15.2. The predicted molar refractivity (Wildman–Crippen MR) is 65.8 cm³/mol. The molecule has 0 spiro atoms. The fourth-order valence-corrected chi connectivity index (χ4v) is 1.16. The molecule has 8 nitrogen and oxygen atoms in total. The highest BCUT2D eigenvalue weighted by atomic mass is 16.6. The van der Waals surface area contributed by atoms with E-state index in [0.29, 0.717) is 0 Å². The third-order valence-electron chi connectivity index (χ3n) is 2.11. The second kappa shape index (κ2) is 6.88. The van der Waals surface area contributed by atoms with Crippen molar-refractivity contribution in [1.82, 2.24) is 0 Å². The van der Waals surface area contributed by atoms with Gasteiger partial charge in [-0.15, -0.1) is 0 Å². The Hall–Kier alpha value is -2.90. The van der Waals surface area contributed by atoms with Crippen LogP contribution < -0.4 is 4.74 Å². The van der Waals surface area contributed by atoms with Crippen molar-refractivity contribution in [2.75, 3.05) is 14.2 Å². The van der Waals surface area contributed by atoms with Gasteiger partial charge in [0, 0.05) is 12.1 Å². The summed E-state index contributed by atoms with van der Waals surface area (Å²) in [4.78, 5) is 32.4. The van der Waals surface area contributed by atoms with E-state index in [1.54, 1.807) is 0 Å². The number of esters is 2. The van der Waals surface area contributed by atoms with Gasteiger partial charge in [0.1, 0.15) is 5.75 Å². The molecule has 1 aromatic rings. The molecule has 0 aliphatic carbocycles. The molecule has 20 heavy (non-hydrogen) atoms. The summed E-state index contributed by atoms with van der Waals surface area (Å²) in [5.41, 5.74) is -0.131. The van der Waals surface area contributed by atoms with Gasteiger partial charge < -0.3 is 14.2 Å². The van der Waals surface area contributed by atoms with E-state index < -0.39 is 22.6 Å². The number of hydrogen-bond donors (Lipinski definition) is 0. The normalized spacial score (nSPS) is 10.6. The van der Waals surface area contributed by atoms with Crippen LogP contribution in [0.15, 0.2) is 36.1 Å². The lowest BCUT2D eigenvalue weighted by molar-refractivity contribution is -0.384. The maximum atomic E-state index is 11.4. The number of rotatable bonds is 5. The van der Waals surface area contributed by atoms with Crippen molar-refractivity contribution < 1.29 is 28.7 Å². The first-order valence-corrected chi connectivity index (χ1v) is 5.28. The summed E-state index contributed by atoms with van der Waals surface area (Å²) in [7, 11) is 2.26. The molecule has 8 heteroatoms. The van der Waals surface area contributed by atoms with Gasteiger partial charge in [-0.3, -0.25) is 10.1 Å². The first-order chi connectivity index (χ1) is 9.47. The van der Waals surface area contributed by atoms with Crippen LogP contribution in [0.2, 0.25) is 0 Å². The van der Waals surface area contributed by atoms with Crippen LogP contribution in [0.1, 0.15) is 0 Å². The van der Waals surface area contributed by atoms with Crippen molar-refractivity contribution in [3.05, 3.63) is 46.2 Å². The van der Waals surface area contributed by atoms with Crippen LogP contribution in [-0.4, -0.2) is 31.1 Å². The zero-order valence-corrected chi connectivity index (χ0v) is 10.7. The smallest absolute Gasteiger partial charge is 0.374 e. The molecule has 1 rings (SSSR count). The monoisotopic (exact) mass is 281 g/mol. The van der Waals surface area contributed by atoms with Gasteiger partial charge in [0.2, 0.25) is 5.76 Å². The van der Waals surface area contributed by atoms with E-state index in [2.05, 4.69) is 9.47 Å². The fourth-order valence-electron chi connectivity index (χ4n) is 1.16. The van der Waals surface area contributed by atoms with Crippen LogP contribution in [0, 0.1) is 10.1 Å². The van der Waals surface area contributed by atoms with E-state index in [9.17, 15) is 19.7 Å². The number of benzene rings is 1. The number of methoxy groups -OCH3 is 2. The average Bonchev–Trinajstić information content (AvgIpc) is 2.46. The largest absolute Gasteiger partial charge is 0.466 e. The quantitative estimate of drug-likeness (QED) is 0.262. The Kier molecular flexibility index (Phi) is 5.21. The highest BCUT2D eigenvalue weighted by Crippen LogP contribution is 2.19. The molecule has 0 radical (unpaired) electrons. The molecule has 0 aliphatic rings. The summed E-state index contributed by atoms with van der Waals surface area (Å²) >= 11 is 0. The summed E-state index contributed by atoms with van der Waals surface area (Å²) in [6, 6.07) is 4.96. The molecule has 0 heterocycles. The molecular formula is C12H11NO7. The maximum absolute atomic E-state index is 11.4. The minimum Gasteiger partial charge on any atom is -0.466 e. The molecule has 0 aliphatic heterocycles. The van der Waals surface area contributed by atoms with Gasteiger partial charge in [0.05, 0.1) is 25.2 Å². The Balaban J connectivity index is 2.95. The minimum atomic E-state index is -0.881. The second-order valence-electron chi connectivity index (χ2n) is 3.38. The minimum absolute atomic E-state index is 0.131. The Morgan fingerprint density at radius 2 is 1.75 bits per heavy atom. The maximum Gasteiger partial charge on any atom is 0.374 e.